The molecule has 0 spiro atoms. The summed E-state index contributed by atoms with van der Waals surface area (Å²) in [5, 5.41) is 9.22. The zero-order chi connectivity index (χ0) is 14.0. The summed E-state index contributed by atoms with van der Waals surface area (Å²) in [6.45, 7) is 10.7. The monoisotopic (exact) mass is 260 g/mol. The Labute approximate surface area is 115 Å². The zero-order valence-corrected chi connectivity index (χ0v) is 12.6. The summed E-state index contributed by atoms with van der Waals surface area (Å²) < 4.78 is 1.87. The van der Waals surface area contributed by atoms with E-state index < -0.39 is 0 Å². The van der Waals surface area contributed by atoms with Crippen LogP contribution in [0.4, 0.5) is 0 Å². The minimum Gasteiger partial charge on any atom is -0.313 e. The van der Waals surface area contributed by atoms with Gasteiger partial charge in [-0.05, 0) is 24.6 Å². The molecule has 0 bridgehead atoms. The molecule has 1 N–H and O–H groups in total. The van der Waals surface area contributed by atoms with Gasteiger partial charge >= 0.3 is 0 Å². The fraction of sp³-hybridized carbons (Fsp3) is 0.600. The van der Waals surface area contributed by atoms with E-state index in [0.717, 1.165) is 30.9 Å². The minimum atomic E-state index is 0.0384. The van der Waals surface area contributed by atoms with Gasteiger partial charge in [-0.3, -0.25) is 4.68 Å². The van der Waals surface area contributed by atoms with Crippen molar-refractivity contribution in [3.63, 3.8) is 0 Å². The topological polar surface area (TPSA) is 42.7 Å². The summed E-state index contributed by atoms with van der Waals surface area (Å²) in [5.41, 5.74) is 3.34. The molecule has 0 atom stereocenters. The van der Waals surface area contributed by atoms with Crippen molar-refractivity contribution in [3.05, 3.63) is 23.5 Å². The fourth-order valence-corrected chi connectivity index (χ4v) is 2.24. The first-order chi connectivity index (χ1) is 8.93. The lowest BCUT2D eigenvalue weighted by molar-refractivity contribution is 0.558. The largest absolute Gasteiger partial charge is 0.313 e. The van der Waals surface area contributed by atoms with Crippen LogP contribution in [0.2, 0.25) is 0 Å². The van der Waals surface area contributed by atoms with Crippen molar-refractivity contribution in [2.45, 2.75) is 46.1 Å². The molecule has 0 saturated carbocycles. The Morgan fingerprint density at radius 3 is 2.68 bits per heavy atom. The van der Waals surface area contributed by atoms with Crippen LogP contribution in [0.5, 0.6) is 0 Å². The highest BCUT2D eigenvalue weighted by molar-refractivity contribution is 5.79. The molecule has 0 fully saturated rings. The van der Waals surface area contributed by atoms with Gasteiger partial charge in [0.1, 0.15) is 0 Å². The smallest absolute Gasteiger partial charge is 0.157 e. The lowest BCUT2D eigenvalue weighted by Gasteiger charge is -2.15. The molecule has 0 aliphatic heterocycles. The van der Waals surface area contributed by atoms with E-state index in [-0.39, 0.29) is 5.41 Å². The van der Waals surface area contributed by atoms with E-state index in [0.29, 0.717) is 0 Å². The Morgan fingerprint density at radius 1 is 1.32 bits per heavy atom. The van der Waals surface area contributed by atoms with E-state index in [1.54, 1.807) is 0 Å². The number of aromatic nitrogens is 3. The molecule has 0 radical (unpaired) electrons. The molecule has 2 aromatic heterocycles. The molecule has 0 aliphatic carbocycles. The van der Waals surface area contributed by atoms with Crippen molar-refractivity contribution < 1.29 is 0 Å². The molecular weight excluding hydrogens is 236 g/mol. The third-order valence-corrected chi connectivity index (χ3v) is 3.20. The Hall–Kier alpha value is -1.42. The van der Waals surface area contributed by atoms with E-state index in [4.69, 9.17) is 0 Å². The summed E-state index contributed by atoms with van der Waals surface area (Å²) in [6, 6.07) is 2.22. The number of fused-ring (bicyclic) bond motifs is 1. The van der Waals surface area contributed by atoms with Crippen molar-refractivity contribution in [3.8, 4) is 0 Å². The van der Waals surface area contributed by atoms with E-state index >= 15 is 0 Å². The summed E-state index contributed by atoms with van der Waals surface area (Å²) in [6.07, 6.45) is 3.09. The van der Waals surface area contributed by atoms with E-state index in [9.17, 15) is 0 Å². The predicted molar refractivity (Wildman–Crippen MR) is 79.2 cm³/mol. The third-order valence-electron chi connectivity index (χ3n) is 3.20. The molecule has 19 heavy (non-hydrogen) atoms. The van der Waals surface area contributed by atoms with Gasteiger partial charge < -0.3 is 5.32 Å². The van der Waals surface area contributed by atoms with Crippen LogP contribution in [0.15, 0.2) is 12.3 Å². The standard InChI is InChI=1S/C15H24N4/c1-6-7-16-9-11-8-12-13(15(2,3)4)18-19(5)14(12)17-10-11/h8,10,16H,6-7,9H2,1-5H3. The minimum absolute atomic E-state index is 0.0384. The molecule has 0 unspecified atom stereocenters. The average Bonchev–Trinajstić information content (AvgIpc) is 2.67. The highest BCUT2D eigenvalue weighted by Gasteiger charge is 2.22. The number of hydrogen-bond acceptors (Lipinski definition) is 3. The van der Waals surface area contributed by atoms with Crippen molar-refractivity contribution in [2.75, 3.05) is 6.54 Å². The van der Waals surface area contributed by atoms with Crippen LogP contribution in [-0.2, 0) is 19.0 Å². The van der Waals surface area contributed by atoms with Gasteiger partial charge in [0, 0.05) is 30.6 Å². The molecule has 104 valence electrons. The molecule has 4 nitrogen and oxygen atoms in total. The number of hydrogen-bond donors (Lipinski definition) is 1. The van der Waals surface area contributed by atoms with Crippen molar-refractivity contribution in [2.24, 2.45) is 7.05 Å². The lowest BCUT2D eigenvalue weighted by Crippen LogP contribution is -2.14. The Kier molecular flexibility index (Phi) is 3.90. The first-order valence-electron chi connectivity index (χ1n) is 6.96. The Bertz CT molecular complexity index is 563. The Balaban J connectivity index is 2.40. The zero-order valence-electron chi connectivity index (χ0n) is 12.6. The summed E-state index contributed by atoms with van der Waals surface area (Å²) in [7, 11) is 1.96. The van der Waals surface area contributed by atoms with E-state index in [2.05, 4.69) is 49.2 Å². The normalized spacial score (nSPS) is 12.3. The van der Waals surface area contributed by atoms with Gasteiger partial charge in [0.2, 0.25) is 0 Å². The highest BCUT2D eigenvalue weighted by Crippen LogP contribution is 2.28. The first kappa shape index (κ1) is 14.0. The second-order valence-corrected chi connectivity index (χ2v) is 6.11. The van der Waals surface area contributed by atoms with Crippen molar-refractivity contribution in [1.29, 1.82) is 0 Å². The number of aryl methyl sites for hydroxylation is 1. The highest BCUT2D eigenvalue weighted by atomic mass is 15.3. The lowest BCUT2D eigenvalue weighted by atomic mass is 9.90. The number of nitrogens with zero attached hydrogens (tertiary/aromatic N) is 3. The van der Waals surface area contributed by atoms with Gasteiger partial charge in [0.25, 0.3) is 0 Å². The molecule has 2 heterocycles. The summed E-state index contributed by atoms with van der Waals surface area (Å²) in [5.74, 6) is 0. The van der Waals surface area contributed by atoms with E-state index in [1.165, 1.54) is 10.9 Å². The molecule has 2 aromatic rings. The molecule has 2 rings (SSSR count). The molecule has 4 heteroatoms. The molecule has 0 amide bonds. The number of rotatable bonds is 4. The average molecular weight is 260 g/mol. The molecular formula is C15H24N4. The summed E-state index contributed by atoms with van der Waals surface area (Å²) >= 11 is 0. The van der Waals surface area contributed by atoms with Crippen LogP contribution in [0, 0.1) is 0 Å². The third kappa shape index (κ3) is 2.95. The Morgan fingerprint density at radius 2 is 2.05 bits per heavy atom. The quantitative estimate of drug-likeness (QED) is 0.860. The van der Waals surface area contributed by atoms with Crippen LogP contribution in [0.3, 0.4) is 0 Å². The van der Waals surface area contributed by atoms with Crippen molar-refractivity contribution in [1.82, 2.24) is 20.1 Å². The molecule has 0 aromatic carbocycles. The van der Waals surface area contributed by atoms with Crippen LogP contribution in [-0.4, -0.2) is 21.3 Å². The molecule has 0 aliphatic rings. The van der Waals surface area contributed by atoms with Crippen LogP contribution < -0.4 is 5.32 Å². The maximum atomic E-state index is 4.63. The second-order valence-electron chi connectivity index (χ2n) is 6.11. The predicted octanol–water partition coefficient (Wildman–Crippen LogP) is 2.77. The van der Waals surface area contributed by atoms with Gasteiger partial charge in [-0.15, -0.1) is 0 Å². The van der Waals surface area contributed by atoms with Crippen LogP contribution >= 0.6 is 0 Å². The maximum Gasteiger partial charge on any atom is 0.157 e. The first-order valence-corrected chi connectivity index (χ1v) is 6.96. The summed E-state index contributed by atoms with van der Waals surface area (Å²) in [4.78, 5) is 4.55. The van der Waals surface area contributed by atoms with Gasteiger partial charge in [0.05, 0.1) is 5.69 Å². The van der Waals surface area contributed by atoms with Crippen LogP contribution in [0.1, 0.15) is 45.4 Å². The van der Waals surface area contributed by atoms with Crippen LogP contribution in [0.25, 0.3) is 11.0 Å². The maximum absolute atomic E-state index is 4.63. The number of pyridine rings is 1. The van der Waals surface area contributed by atoms with Gasteiger partial charge in [-0.25, -0.2) is 4.98 Å². The van der Waals surface area contributed by atoms with Gasteiger partial charge in [-0.2, -0.15) is 5.10 Å². The van der Waals surface area contributed by atoms with Gasteiger partial charge in [0.15, 0.2) is 5.65 Å². The van der Waals surface area contributed by atoms with Crippen molar-refractivity contribution >= 4 is 11.0 Å². The second kappa shape index (κ2) is 5.29. The number of nitrogens with one attached hydrogen (secondary N) is 1. The van der Waals surface area contributed by atoms with E-state index in [1.807, 2.05) is 17.9 Å². The SMILES string of the molecule is CCCNCc1cnc2c(c1)c(C(C)(C)C)nn2C. The molecule has 0 saturated heterocycles. The van der Waals surface area contributed by atoms with Gasteiger partial charge in [-0.1, -0.05) is 27.7 Å². The fourth-order valence-electron chi connectivity index (χ4n) is 2.24.